The Bertz CT molecular complexity index is 836. The fourth-order valence-electron chi connectivity index (χ4n) is 2.36. The number of hydrogen-bond acceptors (Lipinski definition) is 2. The van der Waals surface area contributed by atoms with Gasteiger partial charge in [0.05, 0.1) is 10.3 Å². The zero-order chi connectivity index (χ0) is 15.0. The van der Waals surface area contributed by atoms with E-state index in [0.29, 0.717) is 17.2 Å². The second kappa shape index (κ2) is 5.70. The molecule has 0 saturated heterocycles. The summed E-state index contributed by atoms with van der Waals surface area (Å²) in [6.45, 7) is 2.52. The molecule has 0 N–H and O–H groups in total. The van der Waals surface area contributed by atoms with Crippen LogP contribution in [0, 0.1) is 0 Å². The Morgan fingerprint density at radius 3 is 2.52 bits per heavy atom. The summed E-state index contributed by atoms with van der Waals surface area (Å²) in [6.07, 6.45) is 0. The van der Waals surface area contributed by atoms with E-state index in [1.807, 2.05) is 49.4 Å². The third kappa shape index (κ3) is 2.65. The van der Waals surface area contributed by atoms with E-state index in [0.717, 1.165) is 16.6 Å². The average molecular weight is 367 g/mol. The van der Waals surface area contributed by atoms with Crippen LogP contribution in [-0.2, 0) is 6.54 Å². The third-order valence-corrected chi connectivity index (χ3v) is 4.77. The van der Waals surface area contributed by atoms with Gasteiger partial charge >= 0.3 is 5.76 Å². The maximum atomic E-state index is 11.7. The number of benzene rings is 2. The minimum absolute atomic E-state index is 0.0226. The summed E-state index contributed by atoms with van der Waals surface area (Å²) in [5, 5.41) is 0.708. The van der Waals surface area contributed by atoms with E-state index in [2.05, 4.69) is 15.9 Å². The van der Waals surface area contributed by atoms with Gasteiger partial charge in [0.25, 0.3) is 0 Å². The van der Waals surface area contributed by atoms with Gasteiger partial charge in [0, 0.05) is 11.6 Å². The smallest absolute Gasteiger partial charge is 0.408 e. The maximum Gasteiger partial charge on any atom is 0.419 e. The zero-order valence-electron chi connectivity index (χ0n) is 11.3. The summed E-state index contributed by atoms with van der Waals surface area (Å²) in [4.78, 5) is 11.8. The summed E-state index contributed by atoms with van der Waals surface area (Å²) in [7, 11) is 0. The van der Waals surface area contributed by atoms with Crippen molar-refractivity contribution in [3.63, 3.8) is 0 Å². The molecule has 0 fully saturated rings. The molecular formula is C16H13BrClNO2. The number of aromatic nitrogens is 1. The molecule has 0 bridgehead atoms. The van der Waals surface area contributed by atoms with Gasteiger partial charge < -0.3 is 4.42 Å². The van der Waals surface area contributed by atoms with Gasteiger partial charge in [-0.25, -0.2) is 4.79 Å². The van der Waals surface area contributed by atoms with Gasteiger partial charge in [0.15, 0.2) is 5.58 Å². The minimum atomic E-state index is -0.317. The quantitative estimate of drug-likeness (QED) is 0.627. The number of rotatable bonds is 3. The normalized spacial score (nSPS) is 12.7. The predicted octanol–water partition coefficient (Wildman–Crippen LogP) is 4.75. The van der Waals surface area contributed by atoms with Crippen LogP contribution in [-0.4, -0.2) is 4.57 Å². The van der Waals surface area contributed by atoms with E-state index in [9.17, 15) is 4.79 Å². The number of alkyl halides is 1. The number of hydrogen-bond donors (Lipinski definition) is 0. The fraction of sp³-hybridized carbons (Fsp3) is 0.188. The first-order chi connectivity index (χ1) is 10.1. The Labute approximate surface area is 135 Å². The van der Waals surface area contributed by atoms with Crippen LogP contribution in [0.15, 0.2) is 51.7 Å². The van der Waals surface area contributed by atoms with Gasteiger partial charge in [0.1, 0.15) is 0 Å². The molecular weight excluding hydrogens is 354 g/mol. The molecule has 1 heterocycles. The first kappa shape index (κ1) is 14.4. The van der Waals surface area contributed by atoms with Crippen LogP contribution in [0.5, 0.6) is 0 Å². The van der Waals surface area contributed by atoms with Gasteiger partial charge in [-0.15, -0.1) is 0 Å². The lowest BCUT2D eigenvalue weighted by atomic mass is 10.0. The Morgan fingerprint density at radius 1 is 1.19 bits per heavy atom. The molecule has 3 aromatic rings. The van der Waals surface area contributed by atoms with Crippen molar-refractivity contribution < 1.29 is 4.42 Å². The van der Waals surface area contributed by atoms with Gasteiger partial charge in [-0.2, -0.15) is 0 Å². The van der Waals surface area contributed by atoms with Crippen LogP contribution in [0.4, 0.5) is 0 Å². The van der Waals surface area contributed by atoms with Crippen LogP contribution >= 0.6 is 27.5 Å². The summed E-state index contributed by atoms with van der Waals surface area (Å²) in [5.74, 6) is -0.317. The van der Waals surface area contributed by atoms with E-state index in [-0.39, 0.29) is 10.6 Å². The lowest BCUT2D eigenvalue weighted by molar-refractivity contribution is 0.513. The number of fused-ring (bicyclic) bond motifs is 1. The third-order valence-electron chi connectivity index (χ3n) is 3.46. The largest absolute Gasteiger partial charge is 0.419 e. The second-order valence-corrected chi connectivity index (χ2v) is 6.11. The minimum Gasteiger partial charge on any atom is -0.408 e. The Balaban J connectivity index is 2.04. The van der Waals surface area contributed by atoms with E-state index in [4.69, 9.17) is 16.0 Å². The topological polar surface area (TPSA) is 35.1 Å². The van der Waals surface area contributed by atoms with Gasteiger partial charge in [0.2, 0.25) is 0 Å². The van der Waals surface area contributed by atoms with E-state index < -0.39 is 0 Å². The summed E-state index contributed by atoms with van der Waals surface area (Å²) < 4.78 is 6.92. The number of oxazole rings is 1. The second-order valence-electron chi connectivity index (χ2n) is 4.75. The lowest BCUT2D eigenvalue weighted by Gasteiger charge is -2.10. The molecule has 108 valence electrons. The standard InChI is InChI=1S/C16H13BrClNO2/c1-2-19-13-8-5-11(9-14(13)21-16(19)20)15(17)10-3-6-12(18)7-4-10/h3-9,15H,2H2,1H3. The van der Waals surface area contributed by atoms with E-state index >= 15 is 0 Å². The number of nitrogens with zero attached hydrogens (tertiary/aromatic N) is 1. The van der Waals surface area contributed by atoms with Crippen molar-refractivity contribution >= 4 is 38.6 Å². The van der Waals surface area contributed by atoms with Crippen molar-refractivity contribution in [3.05, 3.63) is 69.2 Å². The Kier molecular flexibility index (Phi) is 3.91. The highest BCUT2D eigenvalue weighted by Crippen LogP contribution is 2.32. The van der Waals surface area contributed by atoms with Crippen molar-refractivity contribution in [1.29, 1.82) is 0 Å². The van der Waals surface area contributed by atoms with Crippen molar-refractivity contribution in [3.8, 4) is 0 Å². The molecule has 1 atom stereocenters. The van der Waals surface area contributed by atoms with Gasteiger partial charge in [-0.05, 0) is 42.3 Å². The van der Waals surface area contributed by atoms with Crippen molar-refractivity contribution in [1.82, 2.24) is 4.57 Å². The number of aryl methyl sites for hydroxylation is 1. The molecule has 21 heavy (non-hydrogen) atoms. The summed E-state index contributed by atoms with van der Waals surface area (Å²) in [6, 6.07) is 13.5. The first-order valence-electron chi connectivity index (χ1n) is 6.63. The lowest BCUT2D eigenvalue weighted by Crippen LogP contribution is -2.11. The number of halogens is 2. The van der Waals surface area contributed by atoms with Crippen LogP contribution in [0.25, 0.3) is 11.1 Å². The summed E-state index contributed by atoms with van der Waals surface area (Å²) in [5.41, 5.74) is 3.55. The molecule has 2 aromatic carbocycles. The molecule has 0 amide bonds. The zero-order valence-corrected chi connectivity index (χ0v) is 13.7. The molecule has 0 radical (unpaired) electrons. The molecule has 1 aromatic heterocycles. The van der Waals surface area contributed by atoms with Crippen molar-refractivity contribution in [2.45, 2.75) is 18.3 Å². The monoisotopic (exact) mass is 365 g/mol. The molecule has 5 heteroatoms. The molecule has 0 saturated carbocycles. The highest BCUT2D eigenvalue weighted by molar-refractivity contribution is 9.09. The average Bonchev–Trinajstić information content (AvgIpc) is 2.81. The molecule has 3 rings (SSSR count). The summed E-state index contributed by atoms with van der Waals surface area (Å²) >= 11 is 9.59. The van der Waals surface area contributed by atoms with Crippen LogP contribution < -0.4 is 5.76 Å². The Hall–Kier alpha value is -1.52. The predicted molar refractivity (Wildman–Crippen MR) is 88.4 cm³/mol. The van der Waals surface area contributed by atoms with Gasteiger partial charge in [-0.1, -0.05) is 45.7 Å². The molecule has 0 aliphatic carbocycles. The fourth-order valence-corrected chi connectivity index (χ4v) is 3.08. The molecule has 0 aliphatic heterocycles. The van der Waals surface area contributed by atoms with E-state index in [1.54, 1.807) is 4.57 Å². The highest BCUT2D eigenvalue weighted by Gasteiger charge is 2.14. The van der Waals surface area contributed by atoms with Crippen LogP contribution in [0.2, 0.25) is 5.02 Å². The SMILES string of the molecule is CCn1c(=O)oc2cc(C(Br)c3ccc(Cl)cc3)ccc21. The van der Waals surface area contributed by atoms with E-state index in [1.165, 1.54) is 0 Å². The molecule has 0 spiro atoms. The van der Waals surface area contributed by atoms with Gasteiger partial charge in [-0.3, -0.25) is 4.57 Å². The van der Waals surface area contributed by atoms with Crippen LogP contribution in [0.3, 0.4) is 0 Å². The maximum absolute atomic E-state index is 11.7. The molecule has 1 unspecified atom stereocenters. The Morgan fingerprint density at radius 2 is 1.86 bits per heavy atom. The molecule has 0 aliphatic rings. The highest BCUT2D eigenvalue weighted by atomic mass is 79.9. The van der Waals surface area contributed by atoms with Crippen LogP contribution in [0.1, 0.15) is 22.9 Å². The first-order valence-corrected chi connectivity index (χ1v) is 7.92. The van der Waals surface area contributed by atoms with Crippen molar-refractivity contribution in [2.75, 3.05) is 0 Å². The molecule has 3 nitrogen and oxygen atoms in total. The van der Waals surface area contributed by atoms with Crippen molar-refractivity contribution in [2.24, 2.45) is 0 Å².